The quantitative estimate of drug-likeness (QED) is 0.536. The maximum absolute atomic E-state index is 10.6. The van der Waals surface area contributed by atoms with Gasteiger partial charge in [0.1, 0.15) is 6.61 Å². The smallest absolute Gasteiger partial charge is 0.339 e. The third-order valence-electron chi connectivity index (χ3n) is 1.03. The molecule has 2 nitrogen and oxygen atoms in total. The Labute approximate surface area is 80.7 Å². The molecule has 0 spiro atoms. The molecule has 0 saturated carbocycles. The van der Waals surface area contributed by atoms with E-state index >= 15 is 0 Å². The highest BCUT2D eigenvalue weighted by Crippen LogP contribution is 2.07. The minimum absolute atomic E-state index is 0.160. The van der Waals surface area contributed by atoms with E-state index in [0.29, 0.717) is 0 Å². The van der Waals surface area contributed by atoms with Crippen LogP contribution in [0.4, 0.5) is 0 Å². The standard InChI is InChI=1S/C6H9Cl3O2/c1-2-4(7)3-11-6(10)5(8)9/h4-5H,2-3H2,1H3. The van der Waals surface area contributed by atoms with E-state index in [1.165, 1.54) is 0 Å². The van der Waals surface area contributed by atoms with E-state index in [9.17, 15) is 4.79 Å². The van der Waals surface area contributed by atoms with Crippen LogP contribution in [0.25, 0.3) is 0 Å². The van der Waals surface area contributed by atoms with Crippen LogP contribution in [0.15, 0.2) is 0 Å². The van der Waals surface area contributed by atoms with Crippen LogP contribution in [-0.2, 0) is 9.53 Å². The van der Waals surface area contributed by atoms with Gasteiger partial charge in [0.15, 0.2) is 0 Å². The van der Waals surface area contributed by atoms with E-state index < -0.39 is 10.8 Å². The van der Waals surface area contributed by atoms with Gasteiger partial charge in [-0.15, -0.1) is 11.6 Å². The monoisotopic (exact) mass is 218 g/mol. The number of ether oxygens (including phenoxy) is 1. The Morgan fingerprint density at radius 1 is 1.45 bits per heavy atom. The van der Waals surface area contributed by atoms with Crippen LogP contribution in [0.3, 0.4) is 0 Å². The number of halogens is 3. The minimum Gasteiger partial charge on any atom is -0.462 e. The summed E-state index contributed by atoms with van der Waals surface area (Å²) in [5, 5.41) is -0.161. The molecule has 0 aromatic carbocycles. The van der Waals surface area contributed by atoms with Gasteiger partial charge < -0.3 is 4.74 Å². The maximum atomic E-state index is 10.6. The van der Waals surface area contributed by atoms with Crippen molar-refractivity contribution in [1.82, 2.24) is 0 Å². The van der Waals surface area contributed by atoms with Crippen molar-refractivity contribution in [2.24, 2.45) is 0 Å². The molecular formula is C6H9Cl3O2. The summed E-state index contributed by atoms with van der Waals surface area (Å²) < 4.78 is 4.62. The first-order chi connectivity index (χ1) is 5.07. The largest absolute Gasteiger partial charge is 0.462 e. The van der Waals surface area contributed by atoms with Crippen LogP contribution >= 0.6 is 34.8 Å². The number of alkyl halides is 3. The average molecular weight is 219 g/mol. The predicted octanol–water partition coefficient (Wildman–Crippen LogP) is 2.35. The second-order valence-electron chi connectivity index (χ2n) is 1.94. The maximum Gasteiger partial charge on any atom is 0.339 e. The third-order valence-corrected chi connectivity index (χ3v) is 1.82. The minimum atomic E-state index is -1.12. The Kier molecular flexibility index (Phi) is 6.11. The van der Waals surface area contributed by atoms with Gasteiger partial charge in [0.05, 0.1) is 5.38 Å². The predicted molar refractivity (Wildman–Crippen MR) is 46.4 cm³/mol. The molecule has 0 N–H and O–H groups in total. The molecular weight excluding hydrogens is 210 g/mol. The molecule has 0 heterocycles. The van der Waals surface area contributed by atoms with Crippen LogP contribution in [-0.4, -0.2) is 22.8 Å². The van der Waals surface area contributed by atoms with Crippen LogP contribution < -0.4 is 0 Å². The number of carbonyl (C=O) groups is 1. The zero-order valence-corrected chi connectivity index (χ0v) is 8.29. The van der Waals surface area contributed by atoms with E-state index in [4.69, 9.17) is 34.8 Å². The van der Waals surface area contributed by atoms with Crippen molar-refractivity contribution in [1.29, 1.82) is 0 Å². The summed E-state index contributed by atoms with van der Waals surface area (Å²) in [5.41, 5.74) is 0. The second-order valence-corrected chi connectivity index (χ2v) is 3.65. The van der Waals surface area contributed by atoms with E-state index in [0.717, 1.165) is 6.42 Å². The molecule has 66 valence electrons. The van der Waals surface area contributed by atoms with Crippen LogP contribution in [0.1, 0.15) is 13.3 Å². The summed E-state index contributed by atoms with van der Waals surface area (Å²) in [6, 6.07) is 0. The van der Waals surface area contributed by atoms with Crippen molar-refractivity contribution in [2.75, 3.05) is 6.61 Å². The van der Waals surface area contributed by atoms with Crippen molar-refractivity contribution in [2.45, 2.75) is 23.6 Å². The fourth-order valence-electron chi connectivity index (χ4n) is 0.353. The van der Waals surface area contributed by atoms with Gasteiger partial charge >= 0.3 is 5.97 Å². The summed E-state index contributed by atoms with van der Waals surface area (Å²) >= 11 is 16.1. The summed E-state index contributed by atoms with van der Waals surface area (Å²) in [4.78, 5) is 9.50. The van der Waals surface area contributed by atoms with E-state index in [-0.39, 0.29) is 12.0 Å². The molecule has 1 unspecified atom stereocenters. The van der Waals surface area contributed by atoms with Crippen LogP contribution in [0.5, 0.6) is 0 Å². The zero-order chi connectivity index (χ0) is 8.85. The molecule has 0 radical (unpaired) electrons. The molecule has 0 aliphatic heterocycles. The van der Waals surface area contributed by atoms with Crippen molar-refractivity contribution in [3.05, 3.63) is 0 Å². The van der Waals surface area contributed by atoms with Gasteiger partial charge in [-0.1, -0.05) is 30.1 Å². The lowest BCUT2D eigenvalue weighted by atomic mass is 10.3. The lowest BCUT2D eigenvalue weighted by molar-refractivity contribution is -0.141. The Morgan fingerprint density at radius 2 is 2.00 bits per heavy atom. The van der Waals surface area contributed by atoms with Crippen molar-refractivity contribution in [3.63, 3.8) is 0 Å². The number of hydrogen-bond acceptors (Lipinski definition) is 2. The summed E-state index contributed by atoms with van der Waals surface area (Å²) in [6.45, 7) is 2.05. The van der Waals surface area contributed by atoms with Gasteiger partial charge in [0.25, 0.3) is 0 Å². The molecule has 11 heavy (non-hydrogen) atoms. The van der Waals surface area contributed by atoms with Gasteiger partial charge in [-0.2, -0.15) is 0 Å². The summed E-state index contributed by atoms with van der Waals surface area (Å²) in [5.74, 6) is -0.646. The highest BCUT2D eigenvalue weighted by molar-refractivity contribution is 6.52. The molecule has 0 amide bonds. The number of rotatable bonds is 4. The Bertz CT molecular complexity index is 127. The molecule has 0 aromatic rings. The lowest BCUT2D eigenvalue weighted by Crippen LogP contribution is -2.17. The molecule has 0 rings (SSSR count). The molecule has 5 heteroatoms. The highest BCUT2D eigenvalue weighted by atomic mass is 35.5. The van der Waals surface area contributed by atoms with Crippen molar-refractivity contribution in [3.8, 4) is 0 Å². The summed E-state index contributed by atoms with van der Waals surface area (Å²) in [7, 11) is 0. The Balaban J connectivity index is 3.46. The summed E-state index contributed by atoms with van der Waals surface area (Å²) in [6.07, 6.45) is 0.740. The van der Waals surface area contributed by atoms with Gasteiger partial charge in [-0.3, -0.25) is 0 Å². The normalized spacial score (nSPS) is 13.2. The zero-order valence-electron chi connectivity index (χ0n) is 6.02. The third kappa shape index (κ3) is 5.59. The molecule has 0 bridgehead atoms. The fraction of sp³-hybridized carbons (Fsp3) is 0.833. The number of carbonyl (C=O) groups excluding carboxylic acids is 1. The van der Waals surface area contributed by atoms with Gasteiger partial charge in [0, 0.05) is 0 Å². The molecule has 0 saturated heterocycles. The van der Waals surface area contributed by atoms with Gasteiger partial charge in [-0.05, 0) is 6.42 Å². The number of esters is 1. The Morgan fingerprint density at radius 3 is 2.36 bits per heavy atom. The number of hydrogen-bond donors (Lipinski definition) is 0. The molecule has 0 aliphatic carbocycles. The lowest BCUT2D eigenvalue weighted by Gasteiger charge is -2.07. The molecule has 1 atom stereocenters. The first-order valence-corrected chi connectivity index (χ1v) is 4.47. The Hall–Kier alpha value is 0.340. The highest BCUT2D eigenvalue weighted by Gasteiger charge is 2.14. The van der Waals surface area contributed by atoms with Gasteiger partial charge in [-0.25, -0.2) is 4.79 Å². The first kappa shape index (κ1) is 11.3. The molecule has 0 aromatic heterocycles. The van der Waals surface area contributed by atoms with Crippen molar-refractivity contribution < 1.29 is 9.53 Å². The van der Waals surface area contributed by atoms with Crippen molar-refractivity contribution >= 4 is 40.8 Å². The SMILES string of the molecule is CCC(Cl)COC(=O)C(Cl)Cl. The van der Waals surface area contributed by atoms with E-state index in [2.05, 4.69) is 4.74 Å². The molecule has 0 aliphatic rings. The average Bonchev–Trinajstić information content (AvgIpc) is 1.99. The fourth-order valence-corrected chi connectivity index (χ4v) is 0.542. The van der Waals surface area contributed by atoms with E-state index in [1.807, 2.05) is 6.92 Å². The van der Waals surface area contributed by atoms with E-state index in [1.54, 1.807) is 0 Å². The van der Waals surface area contributed by atoms with Gasteiger partial charge in [0.2, 0.25) is 4.84 Å². The van der Waals surface area contributed by atoms with Crippen LogP contribution in [0, 0.1) is 0 Å². The topological polar surface area (TPSA) is 26.3 Å². The second kappa shape index (κ2) is 5.92. The first-order valence-electron chi connectivity index (χ1n) is 3.16. The van der Waals surface area contributed by atoms with Crippen LogP contribution in [0.2, 0.25) is 0 Å². The molecule has 0 fully saturated rings.